The van der Waals surface area contributed by atoms with Crippen LogP contribution >= 0.6 is 11.3 Å². The monoisotopic (exact) mass is 275 g/mol. The van der Waals surface area contributed by atoms with E-state index in [0.717, 1.165) is 4.88 Å². The van der Waals surface area contributed by atoms with Gasteiger partial charge < -0.3 is 4.74 Å². The minimum Gasteiger partial charge on any atom is -0.497 e. The molecule has 0 saturated carbocycles. The number of H-pyrrole nitrogens is 1. The zero-order valence-electron chi connectivity index (χ0n) is 10.1. The molecule has 3 aromatic rings. The van der Waals surface area contributed by atoms with Gasteiger partial charge in [0.05, 0.1) is 17.6 Å². The van der Waals surface area contributed by atoms with E-state index in [1.54, 1.807) is 23.5 Å². The number of hydrogen-bond acceptors (Lipinski definition) is 4. The fourth-order valence-electron chi connectivity index (χ4n) is 1.71. The fraction of sp³-hybridized carbons (Fsp3) is 0.0769. The molecule has 0 saturated heterocycles. The number of nitrogens with zero attached hydrogens (tertiary/aromatic N) is 2. The van der Waals surface area contributed by atoms with Gasteiger partial charge in [-0.2, -0.15) is 5.10 Å². The fourth-order valence-corrected chi connectivity index (χ4v) is 2.37. The molecule has 0 spiro atoms. The second kappa shape index (κ2) is 4.81. The Labute approximate surface area is 112 Å². The van der Waals surface area contributed by atoms with Gasteiger partial charge in [-0.25, -0.2) is 9.37 Å². The lowest BCUT2D eigenvalue weighted by Crippen LogP contribution is -1.89. The van der Waals surface area contributed by atoms with E-state index in [9.17, 15) is 4.39 Å². The van der Waals surface area contributed by atoms with Gasteiger partial charge in [-0.15, -0.1) is 11.3 Å². The summed E-state index contributed by atoms with van der Waals surface area (Å²) in [6, 6.07) is 8.46. The molecule has 0 fully saturated rings. The summed E-state index contributed by atoms with van der Waals surface area (Å²) >= 11 is 1.55. The maximum absolute atomic E-state index is 13.9. The minimum atomic E-state index is -0.406. The van der Waals surface area contributed by atoms with E-state index in [1.165, 1.54) is 13.2 Å². The topological polar surface area (TPSA) is 50.8 Å². The lowest BCUT2D eigenvalue weighted by Gasteiger charge is -2.01. The van der Waals surface area contributed by atoms with Crippen molar-refractivity contribution in [1.82, 2.24) is 15.2 Å². The molecule has 0 unspecified atom stereocenters. The number of aromatic amines is 1. The number of rotatable bonds is 3. The molecule has 96 valence electrons. The van der Waals surface area contributed by atoms with E-state index in [1.807, 2.05) is 17.5 Å². The second-order valence-corrected chi connectivity index (χ2v) is 4.78. The lowest BCUT2D eigenvalue weighted by atomic mass is 10.2. The number of benzene rings is 1. The minimum absolute atomic E-state index is 0.337. The van der Waals surface area contributed by atoms with Crippen LogP contribution in [0.1, 0.15) is 0 Å². The van der Waals surface area contributed by atoms with Crippen LogP contribution < -0.4 is 4.74 Å². The normalized spacial score (nSPS) is 10.6. The van der Waals surface area contributed by atoms with Gasteiger partial charge in [0.15, 0.2) is 11.6 Å². The highest BCUT2D eigenvalue weighted by molar-refractivity contribution is 7.13. The number of ether oxygens (including phenoxy) is 1. The first-order valence-corrected chi connectivity index (χ1v) is 6.46. The Morgan fingerprint density at radius 1 is 1.32 bits per heavy atom. The van der Waals surface area contributed by atoms with Crippen LogP contribution in [0.25, 0.3) is 22.1 Å². The molecule has 0 aliphatic carbocycles. The first-order valence-electron chi connectivity index (χ1n) is 5.58. The van der Waals surface area contributed by atoms with Gasteiger partial charge in [-0.1, -0.05) is 6.07 Å². The summed E-state index contributed by atoms with van der Waals surface area (Å²) in [6.45, 7) is 0. The lowest BCUT2D eigenvalue weighted by molar-refractivity contribution is 0.411. The first-order chi connectivity index (χ1) is 9.28. The first kappa shape index (κ1) is 11.9. The Bertz CT molecular complexity index is 694. The molecule has 2 aromatic heterocycles. The van der Waals surface area contributed by atoms with E-state index >= 15 is 0 Å². The van der Waals surface area contributed by atoms with Crippen molar-refractivity contribution in [3.8, 4) is 27.8 Å². The molecule has 1 N–H and O–H groups in total. The second-order valence-electron chi connectivity index (χ2n) is 3.83. The molecule has 0 bridgehead atoms. The summed E-state index contributed by atoms with van der Waals surface area (Å²) in [7, 11) is 1.50. The maximum atomic E-state index is 13.9. The zero-order valence-corrected chi connectivity index (χ0v) is 10.9. The summed E-state index contributed by atoms with van der Waals surface area (Å²) in [6.07, 6.45) is 0. The van der Waals surface area contributed by atoms with Crippen LogP contribution in [-0.2, 0) is 0 Å². The van der Waals surface area contributed by atoms with Crippen molar-refractivity contribution in [2.24, 2.45) is 0 Å². The predicted molar refractivity (Wildman–Crippen MR) is 71.6 cm³/mol. The van der Waals surface area contributed by atoms with Crippen LogP contribution in [0.4, 0.5) is 4.39 Å². The summed E-state index contributed by atoms with van der Waals surface area (Å²) < 4.78 is 18.9. The predicted octanol–water partition coefficient (Wildman–Crippen LogP) is 3.35. The third-order valence-electron chi connectivity index (χ3n) is 2.66. The quantitative estimate of drug-likeness (QED) is 0.797. The molecule has 0 radical (unpaired) electrons. The molecule has 2 heterocycles. The third-order valence-corrected chi connectivity index (χ3v) is 3.53. The number of thiophene rings is 1. The molecule has 1 aromatic carbocycles. The average molecular weight is 275 g/mol. The molecule has 3 rings (SSSR count). The van der Waals surface area contributed by atoms with E-state index in [0.29, 0.717) is 23.0 Å². The van der Waals surface area contributed by atoms with Gasteiger partial charge in [-0.3, -0.25) is 5.10 Å². The van der Waals surface area contributed by atoms with Crippen LogP contribution in [0.3, 0.4) is 0 Å². The van der Waals surface area contributed by atoms with Crippen molar-refractivity contribution in [1.29, 1.82) is 0 Å². The van der Waals surface area contributed by atoms with E-state index < -0.39 is 5.82 Å². The van der Waals surface area contributed by atoms with E-state index in [2.05, 4.69) is 15.2 Å². The van der Waals surface area contributed by atoms with Gasteiger partial charge in [0.25, 0.3) is 0 Å². The van der Waals surface area contributed by atoms with Crippen molar-refractivity contribution >= 4 is 11.3 Å². The van der Waals surface area contributed by atoms with Gasteiger partial charge in [0.2, 0.25) is 0 Å². The van der Waals surface area contributed by atoms with Crippen molar-refractivity contribution in [2.75, 3.05) is 7.11 Å². The smallest absolute Gasteiger partial charge is 0.184 e. The maximum Gasteiger partial charge on any atom is 0.184 e. The molecular weight excluding hydrogens is 265 g/mol. The van der Waals surface area contributed by atoms with Gasteiger partial charge in [0.1, 0.15) is 11.6 Å². The number of methoxy groups -OCH3 is 1. The van der Waals surface area contributed by atoms with Crippen LogP contribution in [-0.4, -0.2) is 22.3 Å². The van der Waals surface area contributed by atoms with Gasteiger partial charge >= 0.3 is 0 Å². The number of hydrogen-bond donors (Lipinski definition) is 1. The Morgan fingerprint density at radius 2 is 2.21 bits per heavy atom. The van der Waals surface area contributed by atoms with Crippen LogP contribution in [0, 0.1) is 5.82 Å². The highest BCUT2D eigenvalue weighted by atomic mass is 32.1. The average Bonchev–Trinajstić information content (AvgIpc) is 3.09. The number of halogens is 1. The summed E-state index contributed by atoms with van der Waals surface area (Å²) in [5.74, 6) is 1.04. The highest BCUT2D eigenvalue weighted by Crippen LogP contribution is 2.26. The highest BCUT2D eigenvalue weighted by Gasteiger charge is 2.13. The molecule has 4 nitrogen and oxygen atoms in total. The molecule has 0 amide bonds. The standard InChI is InChI=1S/C13H10FN3OS/c1-18-8-4-5-9(10(14)7-8)12-15-13(17-16-12)11-3-2-6-19-11/h2-7H,1H3,(H,15,16,17). The molecule has 0 aliphatic heterocycles. The largest absolute Gasteiger partial charge is 0.497 e. The van der Waals surface area contributed by atoms with Crippen molar-refractivity contribution in [2.45, 2.75) is 0 Å². The Balaban J connectivity index is 1.99. The SMILES string of the molecule is COc1ccc(-c2n[nH]c(-c3cccs3)n2)c(F)c1. The summed E-state index contributed by atoms with van der Waals surface area (Å²) in [4.78, 5) is 5.27. The summed E-state index contributed by atoms with van der Waals surface area (Å²) in [5, 5.41) is 8.81. The zero-order chi connectivity index (χ0) is 13.2. The van der Waals surface area contributed by atoms with E-state index in [-0.39, 0.29) is 0 Å². The number of nitrogens with one attached hydrogen (secondary N) is 1. The van der Waals surface area contributed by atoms with Crippen molar-refractivity contribution < 1.29 is 9.13 Å². The van der Waals surface area contributed by atoms with Crippen LogP contribution in [0.15, 0.2) is 35.7 Å². The van der Waals surface area contributed by atoms with Gasteiger partial charge in [-0.05, 0) is 23.6 Å². The molecule has 6 heteroatoms. The van der Waals surface area contributed by atoms with Gasteiger partial charge in [0, 0.05) is 6.07 Å². The molecular formula is C13H10FN3OS. The number of aromatic nitrogens is 3. The van der Waals surface area contributed by atoms with E-state index in [4.69, 9.17) is 4.74 Å². The Hall–Kier alpha value is -2.21. The van der Waals surface area contributed by atoms with Crippen molar-refractivity contribution in [3.63, 3.8) is 0 Å². The molecule has 0 atom stereocenters. The third kappa shape index (κ3) is 2.22. The summed E-state index contributed by atoms with van der Waals surface area (Å²) in [5.41, 5.74) is 0.347. The Morgan fingerprint density at radius 3 is 2.89 bits per heavy atom. The van der Waals surface area contributed by atoms with Crippen LogP contribution in [0.5, 0.6) is 5.75 Å². The molecule has 19 heavy (non-hydrogen) atoms. The Kier molecular flexibility index (Phi) is 3.00. The molecule has 0 aliphatic rings. The van der Waals surface area contributed by atoms with Crippen LogP contribution in [0.2, 0.25) is 0 Å². The van der Waals surface area contributed by atoms with Crippen molar-refractivity contribution in [3.05, 3.63) is 41.5 Å².